The van der Waals surface area contributed by atoms with E-state index in [1.54, 1.807) is 22.3 Å². The minimum Gasteiger partial charge on any atom is -0.338 e. The number of hydrogen-bond acceptors (Lipinski definition) is 4. The molecule has 4 aliphatic heterocycles. The summed E-state index contributed by atoms with van der Waals surface area (Å²) >= 11 is 0. The molecular formula is C41H58N6O2. The van der Waals surface area contributed by atoms with E-state index in [4.69, 9.17) is 0 Å². The molecule has 2 aromatic carbocycles. The first-order chi connectivity index (χ1) is 24.1. The van der Waals surface area contributed by atoms with Gasteiger partial charge < -0.3 is 21.3 Å². The van der Waals surface area contributed by atoms with E-state index in [0.29, 0.717) is 37.3 Å². The molecule has 4 N–H and O–H groups in total. The van der Waals surface area contributed by atoms with E-state index in [1.165, 1.54) is 77.3 Å². The van der Waals surface area contributed by atoms with Crippen LogP contribution in [0.3, 0.4) is 0 Å². The third-order valence-electron chi connectivity index (χ3n) is 13.3. The highest BCUT2D eigenvalue weighted by molar-refractivity contribution is 5.74. The summed E-state index contributed by atoms with van der Waals surface area (Å²) in [5.74, 6) is 1.54. The molecule has 49 heavy (non-hydrogen) atoms. The highest BCUT2D eigenvalue weighted by Gasteiger charge is 2.44. The molecule has 0 unspecified atom stereocenters. The summed E-state index contributed by atoms with van der Waals surface area (Å²) in [4.78, 5) is 30.6. The first kappa shape index (κ1) is 33.1. The summed E-state index contributed by atoms with van der Waals surface area (Å²) < 4.78 is 0. The maximum atomic E-state index is 12.5. The normalized spacial score (nSPS) is 31.7. The Kier molecular flexibility index (Phi) is 10.1. The largest absolute Gasteiger partial charge is 0.338 e. The molecule has 4 amide bonds. The zero-order valence-electron chi connectivity index (χ0n) is 29.4. The van der Waals surface area contributed by atoms with Crippen LogP contribution in [0.1, 0.15) is 143 Å². The molecule has 2 aliphatic carbocycles. The van der Waals surface area contributed by atoms with E-state index in [0.717, 1.165) is 43.9 Å². The van der Waals surface area contributed by atoms with Crippen LogP contribution in [0.2, 0.25) is 0 Å². The fourth-order valence-corrected chi connectivity index (χ4v) is 10.7. The number of rotatable bonds is 12. The quantitative estimate of drug-likeness (QED) is 0.175. The maximum absolute atomic E-state index is 12.5. The Morgan fingerprint density at radius 3 is 1.20 bits per heavy atom. The lowest BCUT2D eigenvalue weighted by atomic mass is 9.84. The zero-order valence-corrected chi connectivity index (χ0v) is 29.4. The summed E-state index contributed by atoms with van der Waals surface area (Å²) in [7, 11) is 0. The minimum atomic E-state index is -0.0713. The number of urea groups is 2. The first-order valence-electron chi connectivity index (χ1n) is 19.9. The van der Waals surface area contributed by atoms with Crippen LogP contribution in [0.15, 0.2) is 48.5 Å². The van der Waals surface area contributed by atoms with E-state index in [1.807, 2.05) is 0 Å². The van der Waals surface area contributed by atoms with Crippen molar-refractivity contribution in [2.24, 2.45) is 11.8 Å². The van der Waals surface area contributed by atoms with Crippen molar-refractivity contribution in [3.8, 4) is 0 Å². The molecule has 4 heterocycles. The van der Waals surface area contributed by atoms with Crippen LogP contribution in [0.4, 0.5) is 9.59 Å². The molecule has 2 aromatic rings. The van der Waals surface area contributed by atoms with E-state index >= 15 is 0 Å². The number of nitrogens with one attached hydrogen (secondary N) is 4. The molecule has 8 rings (SSSR count). The van der Waals surface area contributed by atoms with E-state index in [2.05, 4.69) is 79.6 Å². The van der Waals surface area contributed by atoms with Gasteiger partial charge in [-0.15, -0.1) is 0 Å². The average molecular weight is 667 g/mol. The van der Waals surface area contributed by atoms with E-state index < -0.39 is 0 Å². The number of carbonyl (C=O) groups is 2. The second-order valence-electron chi connectivity index (χ2n) is 16.1. The third-order valence-corrected chi connectivity index (χ3v) is 13.3. The van der Waals surface area contributed by atoms with Crippen molar-refractivity contribution in [3.05, 3.63) is 70.8 Å². The predicted octanol–water partition coefficient (Wildman–Crippen LogP) is 7.66. The molecule has 4 fully saturated rings. The van der Waals surface area contributed by atoms with Gasteiger partial charge in [-0.25, -0.2) is 9.59 Å². The fraction of sp³-hybridized carbons (Fsp3) is 0.659. The Morgan fingerprint density at radius 2 is 0.857 bits per heavy atom. The second kappa shape index (κ2) is 15.0. The van der Waals surface area contributed by atoms with Gasteiger partial charge in [-0.3, -0.25) is 9.80 Å². The first-order valence-corrected chi connectivity index (χ1v) is 19.9. The zero-order chi connectivity index (χ0) is 33.2. The summed E-state index contributed by atoms with van der Waals surface area (Å²) in [6.07, 6.45) is 17.6. The van der Waals surface area contributed by atoms with E-state index in [-0.39, 0.29) is 24.1 Å². The van der Waals surface area contributed by atoms with Crippen molar-refractivity contribution in [1.82, 2.24) is 31.1 Å². The van der Waals surface area contributed by atoms with Crippen molar-refractivity contribution in [2.75, 3.05) is 26.2 Å². The third kappa shape index (κ3) is 7.23. The number of amides is 4. The van der Waals surface area contributed by atoms with Crippen LogP contribution < -0.4 is 21.3 Å². The van der Waals surface area contributed by atoms with Gasteiger partial charge in [0.1, 0.15) is 0 Å². The van der Waals surface area contributed by atoms with Crippen molar-refractivity contribution in [3.63, 3.8) is 0 Å². The standard InChI is InChI=1S/C41H58N6O2/c48-40(44-30-14-10-28(11-15-30)22-26-46-36-18-19-37(46)33-7-2-1-6-32(33)36)42-24-5-25-43-41(49)45-31-16-12-29(13-17-31)23-27-47-38-20-21-39(47)35-9-4-3-8-34(35)38/h1-4,6-9,28-31,36-39H,5,10-27H2,(H2,42,44,48)(H2,43,45,49)/t28?,29?,30?,31?,36-,37+,38-,39+. The van der Waals surface area contributed by atoms with Crippen LogP contribution in [0.25, 0.3) is 0 Å². The molecule has 0 aromatic heterocycles. The summed E-state index contributed by atoms with van der Waals surface area (Å²) in [6.45, 7) is 3.54. The Bertz CT molecular complexity index is 1280. The number of hydrogen-bond donors (Lipinski definition) is 4. The molecule has 264 valence electrons. The highest BCUT2D eigenvalue weighted by Crippen LogP contribution is 2.54. The second-order valence-corrected chi connectivity index (χ2v) is 16.1. The van der Waals surface area contributed by atoms with Crippen LogP contribution in [-0.2, 0) is 0 Å². The molecule has 4 bridgehead atoms. The lowest BCUT2D eigenvalue weighted by Gasteiger charge is -2.31. The van der Waals surface area contributed by atoms with Gasteiger partial charge in [-0.05, 0) is 143 Å². The van der Waals surface area contributed by atoms with Crippen molar-refractivity contribution in [2.45, 2.75) is 133 Å². The van der Waals surface area contributed by atoms with Gasteiger partial charge in [0.25, 0.3) is 0 Å². The predicted molar refractivity (Wildman–Crippen MR) is 194 cm³/mol. The monoisotopic (exact) mass is 666 g/mol. The van der Waals surface area contributed by atoms with Crippen LogP contribution in [0, 0.1) is 11.8 Å². The Morgan fingerprint density at radius 1 is 0.510 bits per heavy atom. The summed E-state index contributed by atoms with van der Waals surface area (Å²) in [5, 5.41) is 12.4. The summed E-state index contributed by atoms with van der Waals surface area (Å²) in [5.41, 5.74) is 6.30. The lowest BCUT2D eigenvalue weighted by molar-refractivity contribution is 0.185. The van der Waals surface area contributed by atoms with Crippen molar-refractivity contribution >= 4 is 12.1 Å². The fourth-order valence-electron chi connectivity index (χ4n) is 10.7. The van der Waals surface area contributed by atoms with Crippen LogP contribution >= 0.6 is 0 Å². The Hall–Kier alpha value is -3.10. The van der Waals surface area contributed by atoms with Gasteiger partial charge in [-0.2, -0.15) is 0 Å². The molecule has 4 atom stereocenters. The van der Waals surface area contributed by atoms with Crippen molar-refractivity contribution in [1.29, 1.82) is 0 Å². The van der Waals surface area contributed by atoms with Gasteiger partial charge in [-0.1, -0.05) is 48.5 Å². The SMILES string of the molecule is O=C(NCCCNC(=O)NC1CCC(CCN2[C@@H]3CC[C@H]2c2ccccc23)CC1)NC1CCC(CCN2[C@@H]3CC[C@H]2c2ccccc23)CC1. The Balaban J connectivity index is 0.641. The number of fused-ring (bicyclic) bond motifs is 10. The van der Waals surface area contributed by atoms with Crippen molar-refractivity contribution < 1.29 is 9.59 Å². The van der Waals surface area contributed by atoms with Gasteiger partial charge in [0.05, 0.1) is 0 Å². The minimum absolute atomic E-state index is 0.0713. The van der Waals surface area contributed by atoms with Crippen LogP contribution in [-0.4, -0.2) is 60.1 Å². The van der Waals surface area contributed by atoms with E-state index in [9.17, 15) is 9.59 Å². The number of benzene rings is 2. The molecule has 8 heteroatoms. The van der Waals surface area contributed by atoms with Gasteiger partial charge in [0.2, 0.25) is 0 Å². The molecule has 0 spiro atoms. The molecule has 2 saturated heterocycles. The molecule has 8 nitrogen and oxygen atoms in total. The maximum Gasteiger partial charge on any atom is 0.315 e. The average Bonchev–Trinajstić information content (AvgIpc) is 3.89. The molecule has 2 saturated carbocycles. The Labute approximate surface area is 293 Å². The number of carbonyl (C=O) groups excluding carboxylic acids is 2. The number of nitrogens with zero attached hydrogens (tertiary/aromatic N) is 2. The smallest absolute Gasteiger partial charge is 0.315 e. The molecular weight excluding hydrogens is 608 g/mol. The topological polar surface area (TPSA) is 88.7 Å². The molecule has 0 radical (unpaired) electrons. The van der Waals surface area contributed by atoms with Gasteiger partial charge in [0, 0.05) is 49.3 Å². The molecule has 6 aliphatic rings. The summed E-state index contributed by atoms with van der Waals surface area (Å²) in [6, 6.07) is 21.1. The van der Waals surface area contributed by atoms with Crippen LogP contribution in [0.5, 0.6) is 0 Å². The van der Waals surface area contributed by atoms with Gasteiger partial charge >= 0.3 is 12.1 Å². The lowest BCUT2D eigenvalue weighted by Crippen LogP contribution is -2.45. The highest BCUT2D eigenvalue weighted by atomic mass is 16.2. The van der Waals surface area contributed by atoms with Gasteiger partial charge in [0.15, 0.2) is 0 Å².